The molecule has 0 atom stereocenters. The van der Waals surface area contributed by atoms with Crippen LogP contribution in [0.1, 0.15) is 28.4 Å². The topological polar surface area (TPSA) is 124 Å². The van der Waals surface area contributed by atoms with E-state index < -0.39 is 5.91 Å². The molecular formula is C17H14N6O3. The summed E-state index contributed by atoms with van der Waals surface area (Å²) in [5.74, 6) is 0.921. The lowest BCUT2D eigenvalue weighted by molar-refractivity contribution is 0.0974. The SMILES string of the molecule is NC(=O)c1cc(-c2cnc(Nc3nc4c(o3)CCC4)c3nccn23)co1. The highest BCUT2D eigenvalue weighted by molar-refractivity contribution is 5.91. The third-order valence-electron chi connectivity index (χ3n) is 4.39. The van der Waals surface area contributed by atoms with Gasteiger partial charge in [-0.25, -0.2) is 9.97 Å². The van der Waals surface area contributed by atoms with Gasteiger partial charge in [0.2, 0.25) is 0 Å². The summed E-state index contributed by atoms with van der Waals surface area (Å²) in [7, 11) is 0. The summed E-state index contributed by atoms with van der Waals surface area (Å²) in [4.78, 5) is 24.5. The molecule has 0 aliphatic heterocycles. The fourth-order valence-electron chi connectivity index (χ4n) is 3.17. The number of anilines is 2. The molecule has 0 saturated heterocycles. The molecule has 0 saturated carbocycles. The van der Waals surface area contributed by atoms with Crippen LogP contribution in [0.5, 0.6) is 0 Å². The quantitative estimate of drug-likeness (QED) is 0.578. The van der Waals surface area contributed by atoms with E-state index in [0.717, 1.165) is 30.7 Å². The van der Waals surface area contributed by atoms with Gasteiger partial charge in [0.15, 0.2) is 17.2 Å². The van der Waals surface area contributed by atoms with Crippen LogP contribution in [-0.4, -0.2) is 25.3 Å². The lowest BCUT2D eigenvalue weighted by atomic mass is 10.2. The fraction of sp³-hybridized carbons (Fsp3) is 0.176. The number of aryl methyl sites for hydroxylation is 2. The molecule has 3 N–H and O–H groups in total. The smallest absolute Gasteiger partial charge is 0.300 e. The Morgan fingerprint density at radius 1 is 1.31 bits per heavy atom. The maximum Gasteiger partial charge on any atom is 0.300 e. The van der Waals surface area contributed by atoms with Crippen LogP contribution in [0.2, 0.25) is 0 Å². The van der Waals surface area contributed by atoms with Crippen molar-refractivity contribution in [1.29, 1.82) is 0 Å². The fourth-order valence-corrected chi connectivity index (χ4v) is 3.17. The Balaban J connectivity index is 1.54. The minimum Gasteiger partial charge on any atom is -0.458 e. The number of oxazole rings is 1. The number of fused-ring (bicyclic) bond motifs is 2. The molecule has 4 heterocycles. The van der Waals surface area contributed by atoms with Crippen LogP contribution in [0.3, 0.4) is 0 Å². The number of aromatic nitrogens is 4. The number of nitrogens with two attached hydrogens (primary N) is 1. The van der Waals surface area contributed by atoms with Gasteiger partial charge in [0.25, 0.3) is 5.91 Å². The maximum absolute atomic E-state index is 11.2. The first-order valence-electron chi connectivity index (χ1n) is 8.15. The van der Waals surface area contributed by atoms with Gasteiger partial charge in [-0.05, 0) is 18.9 Å². The van der Waals surface area contributed by atoms with Crippen molar-refractivity contribution in [2.45, 2.75) is 19.3 Å². The molecule has 1 aliphatic rings. The van der Waals surface area contributed by atoms with Gasteiger partial charge in [-0.15, -0.1) is 0 Å². The Labute approximate surface area is 146 Å². The highest BCUT2D eigenvalue weighted by atomic mass is 16.4. The van der Waals surface area contributed by atoms with Gasteiger partial charge in [0.1, 0.15) is 12.0 Å². The first-order chi connectivity index (χ1) is 12.7. The Bertz CT molecular complexity index is 1120. The molecule has 9 nitrogen and oxygen atoms in total. The van der Waals surface area contributed by atoms with E-state index in [-0.39, 0.29) is 5.76 Å². The molecule has 1 amide bonds. The monoisotopic (exact) mass is 350 g/mol. The number of amides is 1. The Hall–Kier alpha value is -3.62. The zero-order chi connectivity index (χ0) is 17.7. The van der Waals surface area contributed by atoms with E-state index in [4.69, 9.17) is 14.6 Å². The summed E-state index contributed by atoms with van der Waals surface area (Å²) in [6.45, 7) is 0. The van der Waals surface area contributed by atoms with Crippen LogP contribution < -0.4 is 11.1 Å². The van der Waals surface area contributed by atoms with Crippen LogP contribution >= 0.6 is 0 Å². The van der Waals surface area contributed by atoms with Gasteiger partial charge in [-0.1, -0.05) is 0 Å². The van der Waals surface area contributed by atoms with Gasteiger partial charge in [-0.2, -0.15) is 4.98 Å². The Morgan fingerprint density at radius 3 is 3.04 bits per heavy atom. The second kappa shape index (κ2) is 5.45. The second-order valence-corrected chi connectivity index (χ2v) is 6.04. The predicted molar refractivity (Wildman–Crippen MR) is 91.0 cm³/mol. The molecule has 9 heteroatoms. The third kappa shape index (κ3) is 2.25. The van der Waals surface area contributed by atoms with Crippen molar-refractivity contribution in [3.8, 4) is 11.3 Å². The van der Waals surface area contributed by atoms with E-state index in [2.05, 4.69) is 20.3 Å². The van der Waals surface area contributed by atoms with Crippen molar-refractivity contribution >= 4 is 23.4 Å². The zero-order valence-corrected chi connectivity index (χ0v) is 13.6. The number of nitrogens with one attached hydrogen (secondary N) is 1. The lowest BCUT2D eigenvalue weighted by Gasteiger charge is -2.07. The minimum absolute atomic E-state index is 0.0877. The average Bonchev–Trinajstić information content (AvgIpc) is 3.38. The number of carbonyl (C=O) groups is 1. The molecular weight excluding hydrogens is 336 g/mol. The normalized spacial score (nSPS) is 13.2. The lowest BCUT2D eigenvalue weighted by Crippen LogP contribution is -2.09. The molecule has 0 unspecified atom stereocenters. The molecule has 0 aromatic carbocycles. The number of nitrogens with zero attached hydrogens (tertiary/aromatic N) is 4. The van der Waals surface area contributed by atoms with Crippen molar-refractivity contribution in [3.05, 3.63) is 48.1 Å². The molecule has 0 radical (unpaired) electrons. The van der Waals surface area contributed by atoms with Crippen molar-refractivity contribution in [1.82, 2.24) is 19.4 Å². The van der Waals surface area contributed by atoms with E-state index in [1.54, 1.807) is 24.7 Å². The molecule has 0 bridgehead atoms. The van der Waals surface area contributed by atoms with Crippen LogP contribution in [0.25, 0.3) is 16.9 Å². The Kier molecular flexibility index (Phi) is 3.08. The maximum atomic E-state index is 11.2. The van der Waals surface area contributed by atoms with Crippen molar-refractivity contribution in [3.63, 3.8) is 0 Å². The number of carbonyl (C=O) groups excluding carboxylic acids is 1. The standard InChI is InChI=1S/C17H14N6O3/c18-14(24)13-6-9(8-25-13)11-7-20-15(16-19-4-5-23(11)16)22-17-21-10-2-1-3-12(10)26-17/h4-8H,1-3H2,(H2,18,24)(H,20,21,22). The summed E-state index contributed by atoms with van der Waals surface area (Å²) in [5, 5.41) is 3.09. The first-order valence-corrected chi connectivity index (χ1v) is 8.15. The van der Waals surface area contributed by atoms with Gasteiger partial charge >= 0.3 is 6.01 Å². The van der Waals surface area contributed by atoms with Crippen LogP contribution in [0.4, 0.5) is 11.8 Å². The van der Waals surface area contributed by atoms with Gasteiger partial charge in [0, 0.05) is 24.4 Å². The molecule has 26 heavy (non-hydrogen) atoms. The number of hydrogen-bond donors (Lipinski definition) is 2. The van der Waals surface area contributed by atoms with E-state index in [1.165, 1.54) is 6.26 Å². The van der Waals surface area contributed by atoms with Crippen molar-refractivity contribution in [2.75, 3.05) is 5.32 Å². The largest absolute Gasteiger partial charge is 0.458 e. The summed E-state index contributed by atoms with van der Waals surface area (Å²) in [5.41, 5.74) is 8.24. The van der Waals surface area contributed by atoms with E-state index in [0.29, 0.717) is 28.7 Å². The van der Waals surface area contributed by atoms with Crippen LogP contribution in [0.15, 0.2) is 39.8 Å². The number of rotatable bonds is 4. The molecule has 0 fully saturated rings. The average molecular weight is 350 g/mol. The third-order valence-corrected chi connectivity index (χ3v) is 4.39. The second-order valence-electron chi connectivity index (χ2n) is 6.04. The Morgan fingerprint density at radius 2 is 2.23 bits per heavy atom. The first kappa shape index (κ1) is 14.7. The summed E-state index contributed by atoms with van der Waals surface area (Å²) < 4.78 is 12.8. The zero-order valence-electron chi connectivity index (χ0n) is 13.6. The van der Waals surface area contributed by atoms with Gasteiger partial charge in [-0.3, -0.25) is 14.5 Å². The van der Waals surface area contributed by atoms with Crippen molar-refractivity contribution in [2.24, 2.45) is 5.73 Å². The van der Waals surface area contributed by atoms with E-state index >= 15 is 0 Å². The molecule has 5 rings (SSSR count). The highest BCUT2D eigenvalue weighted by Crippen LogP contribution is 2.29. The summed E-state index contributed by atoms with van der Waals surface area (Å²) in [6, 6.07) is 1.99. The van der Waals surface area contributed by atoms with Gasteiger partial charge in [0.05, 0.1) is 17.6 Å². The van der Waals surface area contributed by atoms with E-state index in [9.17, 15) is 4.79 Å². The minimum atomic E-state index is -0.624. The number of imidazole rings is 1. The van der Waals surface area contributed by atoms with Crippen molar-refractivity contribution < 1.29 is 13.6 Å². The van der Waals surface area contributed by atoms with E-state index in [1.807, 2.05) is 4.40 Å². The molecule has 4 aromatic rings. The number of primary amides is 1. The number of hydrogen-bond acceptors (Lipinski definition) is 7. The molecule has 130 valence electrons. The molecule has 0 spiro atoms. The summed E-state index contributed by atoms with van der Waals surface area (Å²) in [6.07, 6.45) is 9.51. The highest BCUT2D eigenvalue weighted by Gasteiger charge is 2.20. The van der Waals surface area contributed by atoms with Crippen LogP contribution in [-0.2, 0) is 12.8 Å². The van der Waals surface area contributed by atoms with Gasteiger partial charge < -0.3 is 14.6 Å². The summed E-state index contributed by atoms with van der Waals surface area (Å²) >= 11 is 0. The van der Waals surface area contributed by atoms with Crippen LogP contribution in [0, 0.1) is 0 Å². The number of furan rings is 1. The molecule has 4 aromatic heterocycles. The molecule has 1 aliphatic carbocycles. The predicted octanol–water partition coefficient (Wildman–Crippen LogP) is 2.31.